The molecular weight excluding hydrogens is 775 g/mol. The molecule has 0 radical (unpaired) electrons. The topological polar surface area (TPSA) is 147 Å². The molecule has 2 spiro atoms. The maximum Gasteiger partial charge on any atom is 0.410 e. The van der Waals surface area contributed by atoms with Crippen LogP contribution in [0.15, 0.2) is 12.7 Å². The summed E-state index contributed by atoms with van der Waals surface area (Å²) in [5, 5.41) is 3.02. The van der Waals surface area contributed by atoms with Crippen molar-refractivity contribution in [2.45, 2.75) is 122 Å². The number of carbonyl (C=O) groups is 5. The fraction of sp³-hybridized carbons (Fsp3) is 0.833. The Morgan fingerprint density at radius 1 is 0.847 bits per heavy atom. The number of halogens is 3. The lowest BCUT2D eigenvalue weighted by Gasteiger charge is -2.51. The third kappa shape index (κ3) is 8.78. The highest BCUT2D eigenvalue weighted by Crippen LogP contribution is 2.60. The average molecular weight is 838 g/mol. The van der Waals surface area contributed by atoms with Crippen molar-refractivity contribution < 1.29 is 56.1 Å². The van der Waals surface area contributed by atoms with Gasteiger partial charge in [0.05, 0.1) is 31.3 Å². The number of hydrogen-bond acceptors (Lipinski definition) is 9. The monoisotopic (exact) mass is 837 g/mol. The van der Waals surface area contributed by atoms with Crippen LogP contribution in [0.5, 0.6) is 0 Å². The first-order chi connectivity index (χ1) is 27.7. The third-order valence-electron chi connectivity index (χ3n) is 14.5. The van der Waals surface area contributed by atoms with Gasteiger partial charge in [-0.05, 0) is 97.3 Å². The number of alkyl halides is 3. The zero-order valence-electron chi connectivity index (χ0n) is 35.0. The van der Waals surface area contributed by atoms with Crippen LogP contribution in [0.2, 0.25) is 0 Å². The summed E-state index contributed by atoms with van der Waals surface area (Å²) < 4.78 is 65.3. The number of nitrogens with one attached hydrogen (secondary N) is 1. The second-order valence-electron chi connectivity index (χ2n) is 19.7. The van der Waals surface area contributed by atoms with Crippen LogP contribution in [-0.2, 0) is 33.3 Å². The molecule has 6 heterocycles. The van der Waals surface area contributed by atoms with E-state index < -0.39 is 58.6 Å². The molecule has 14 nitrogen and oxygen atoms in total. The molecule has 6 aliphatic heterocycles. The summed E-state index contributed by atoms with van der Waals surface area (Å²) in [6.07, 6.45) is 1.60. The Labute approximate surface area is 344 Å². The molecule has 0 aromatic carbocycles. The number of carbonyl (C=O) groups excluding carboxylic acids is 5. The van der Waals surface area contributed by atoms with Gasteiger partial charge in [0, 0.05) is 63.2 Å². The maximum atomic E-state index is 14.6. The molecule has 59 heavy (non-hydrogen) atoms. The van der Waals surface area contributed by atoms with Gasteiger partial charge in [0.15, 0.2) is 0 Å². The van der Waals surface area contributed by atoms with E-state index in [4.69, 9.17) is 18.9 Å². The van der Waals surface area contributed by atoms with Crippen LogP contribution in [0.4, 0.5) is 22.8 Å². The second kappa shape index (κ2) is 16.0. The minimum atomic E-state index is -4.68. The number of hydrogen-bond donors (Lipinski definition) is 1. The Morgan fingerprint density at radius 2 is 1.44 bits per heavy atom. The van der Waals surface area contributed by atoms with Crippen molar-refractivity contribution in [3.05, 3.63) is 12.7 Å². The Hall–Kier alpha value is -3.60. The molecule has 8 fully saturated rings. The molecule has 2 aliphatic carbocycles. The zero-order valence-corrected chi connectivity index (χ0v) is 35.0. The molecule has 0 aromatic rings. The van der Waals surface area contributed by atoms with Gasteiger partial charge in [-0.15, -0.1) is 0 Å². The highest BCUT2D eigenvalue weighted by molar-refractivity contribution is 5.91. The Morgan fingerprint density at radius 3 is 1.97 bits per heavy atom. The van der Waals surface area contributed by atoms with E-state index in [1.807, 2.05) is 0 Å². The molecule has 0 aromatic heterocycles. The number of piperidine rings is 2. The Balaban J connectivity index is 1.06. The minimum Gasteiger partial charge on any atom is -0.445 e. The molecule has 3 atom stereocenters. The van der Waals surface area contributed by atoms with E-state index in [9.17, 15) is 37.1 Å². The van der Waals surface area contributed by atoms with E-state index in [0.29, 0.717) is 39.4 Å². The Kier molecular flexibility index (Phi) is 11.8. The summed E-state index contributed by atoms with van der Waals surface area (Å²) in [5.74, 6) is -2.76. The third-order valence-corrected chi connectivity index (χ3v) is 14.5. The van der Waals surface area contributed by atoms with Crippen molar-refractivity contribution in [1.29, 1.82) is 0 Å². The highest BCUT2D eigenvalue weighted by atomic mass is 19.4. The summed E-state index contributed by atoms with van der Waals surface area (Å²) in [6.45, 7) is 13.3. The molecule has 0 unspecified atom stereocenters. The van der Waals surface area contributed by atoms with Crippen LogP contribution in [0, 0.1) is 27.6 Å². The normalized spacial score (nSPS) is 29.1. The van der Waals surface area contributed by atoms with Crippen molar-refractivity contribution in [2.75, 3.05) is 72.2 Å². The standard InChI is InChI=1S/C42H62F3N5O9/c1-6-21-56-35(54)48-19-15-38(16-20-48)13-17-47(18-14-38)33(52)31(28(2)57-26-39-9-7-29(8-10-39)58-27-39)46-32(51)30-22-49(36(55)59-37(3,4)5)23-40(30)24-50(25-40)34(53)41(11-12-41)42(43,44)45/h6,28-31H,1,7-27H2,2-5H3,(H,46,51)/t28-,29?,30+,31+,39?/m1/s1. The molecule has 2 bridgehead atoms. The average Bonchev–Trinajstić information content (AvgIpc) is 3.92. The number of nitrogens with zero attached hydrogens (tertiary/aromatic N) is 4. The first-order valence-electron chi connectivity index (χ1n) is 21.4. The lowest BCUT2D eigenvalue weighted by Crippen LogP contribution is -2.67. The van der Waals surface area contributed by atoms with Crippen molar-refractivity contribution >= 4 is 29.9 Å². The van der Waals surface area contributed by atoms with Crippen molar-refractivity contribution in [2.24, 2.45) is 27.6 Å². The summed E-state index contributed by atoms with van der Waals surface area (Å²) in [7, 11) is 0. The number of fused-ring (bicyclic) bond motifs is 3. The van der Waals surface area contributed by atoms with Gasteiger partial charge in [-0.25, -0.2) is 9.59 Å². The molecule has 5 amide bonds. The number of rotatable bonds is 10. The van der Waals surface area contributed by atoms with E-state index in [1.54, 1.807) is 37.5 Å². The molecule has 8 rings (SSSR count). The van der Waals surface area contributed by atoms with Gasteiger partial charge in [0.25, 0.3) is 0 Å². The van der Waals surface area contributed by atoms with Crippen LogP contribution < -0.4 is 5.32 Å². The van der Waals surface area contributed by atoms with E-state index in [-0.39, 0.29) is 74.6 Å². The van der Waals surface area contributed by atoms with Gasteiger partial charge < -0.3 is 43.9 Å². The van der Waals surface area contributed by atoms with Crippen LogP contribution in [0.25, 0.3) is 0 Å². The SMILES string of the molecule is C=CCOC(=O)N1CCC2(CC1)CCN(C(=O)[C@@H](NC(=O)[C@@H]1CN(C(=O)OC(C)(C)C)CC13CN(C(=O)C1(C(F)(F)F)CC1)C3)[C@@H](C)OCC13CCC(CC1)OC3)CC2. The number of likely N-dealkylation sites (tertiary alicyclic amines) is 4. The van der Waals surface area contributed by atoms with Gasteiger partial charge in [0.1, 0.15) is 23.7 Å². The molecule has 330 valence electrons. The van der Waals surface area contributed by atoms with Gasteiger partial charge in [-0.2, -0.15) is 13.2 Å². The molecule has 17 heteroatoms. The minimum absolute atomic E-state index is 0.00852. The van der Waals surface area contributed by atoms with Crippen molar-refractivity contribution in [3.63, 3.8) is 0 Å². The molecule has 2 saturated carbocycles. The number of ether oxygens (including phenoxy) is 4. The molecular formula is C42H62F3N5O9. The van der Waals surface area contributed by atoms with Crippen molar-refractivity contribution in [3.8, 4) is 0 Å². The predicted octanol–water partition coefficient (Wildman–Crippen LogP) is 4.90. The second-order valence-corrected chi connectivity index (χ2v) is 19.7. The van der Waals surface area contributed by atoms with Crippen LogP contribution in [-0.4, -0.2) is 152 Å². The van der Waals surface area contributed by atoms with Gasteiger partial charge >= 0.3 is 18.4 Å². The highest BCUT2D eigenvalue weighted by Gasteiger charge is 2.72. The molecule has 6 saturated heterocycles. The maximum absolute atomic E-state index is 14.6. The fourth-order valence-electron chi connectivity index (χ4n) is 10.3. The Bertz CT molecular complexity index is 1620. The van der Waals surface area contributed by atoms with Crippen LogP contribution >= 0.6 is 0 Å². The van der Waals surface area contributed by atoms with E-state index in [1.165, 1.54) is 11.0 Å². The molecule has 8 aliphatic rings. The first kappa shape index (κ1) is 43.5. The van der Waals surface area contributed by atoms with E-state index >= 15 is 0 Å². The fourth-order valence-corrected chi connectivity index (χ4v) is 10.3. The lowest BCUT2D eigenvalue weighted by atomic mass is 9.70. The zero-order chi connectivity index (χ0) is 42.6. The van der Waals surface area contributed by atoms with Crippen LogP contribution in [0.3, 0.4) is 0 Å². The first-order valence-corrected chi connectivity index (χ1v) is 21.4. The molecule has 1 N–H and O–H groups in total. The smallest absolute Gasteiger partial charge is 0.410 e. The predicted molar refractivity (Wildman–Crippen MR) is 207 cm³/mol. The summed E-state index contributed by atoms with van der Waals surface area (Å²) in [5.41, 5.74) is -4.48. The largest absolute Gasteiger partial charge is 0.445 e. The lowest BCUT2D eigenvalue weighted by molar-refractivity contribution is -0.205. The van der Waals surface area contributed by atoms with Crippen molar-refractivity contribution in [1.82, 2.24) is 24.9 Å². The van der Waals surface area contributed by atoms with Crippen LogP contribution in [0.1, 0.15) is 91.9 Å². The van der Waals surface area contributed by atoms with Gasteiger partial charge in [-0.3, -0.25) is 14.4 Å². The van der Waals surface area contributed by atoms with E-state index in [0.717, 1.165) is 56.3 Å². The quantitative estimate of drug-likeness (QED) is 0.304. The summed E-state index contributed by atoms with van der Waals surface area (Å²) in [4.78, 5) is 74.3. The van der Waals surface area contributed by atoms with E-state index in [2.05, 4.69) is 11.9 Å². The van der Waals surface area contributed by atoms with Gasteiger partial charge in [-0.1, -0.05) is 12.7 Å². The summed E-state index contributed by atoms with van der Waals surface area (Å²) >= 11 is 0. The number of amides is 5. The summed E-state index contributed by atoms with van der Waals surface area (Å²) in [6, 6.07) is -1.10. The van der Waals surface area contributed by atoms with Gasteiger partial charge in [0.2, 0.25) is 17.7 Å².